The minimum atomic E-state index is -0.0145. The molecule has 158 valence electrons. The molecule has 0 saturated heterocycles. The Morgan fingerprint density at radius 1 is 1.16 bits per heavy atom. The molecule has 1 saturated carbocycles. The molecular weight excluding hydrogens is 390 g/mol. The molecule has 1 aliphatic carbocycles. The largest absolute Gasteiger partial charge is 0.496 e. The molecule has 31 heavy (non-hydrogen) atoms. The average molecular weight is 415 g/mol. The van der Waals surface area contributed by atoms with Crippen LogP contribution in [-0.2, 0) is 6.54 Å². The number of para-hydroxylation sites is 1. The first kappa shape index (κ1) is 19.5. The van der Waals surface area contributed by atoms with E-state index in [1.165, 1.54) is 5.56 Å². The van der Waals surface area contributed by atoms with Crippen LogP contribution in [0.2, 0.25) is 0 Å². The number of carbonyl (C=O) groups is 1. The Labute approximate surface area is 180 Å². The van der Waals surface area contributed by atoms with Gasteiger partial charge in [0.15, 0.2) is 5.65 Å². The van der Waals surface area contributed by atoms with Crippen molar-refractivity contribution in [2.24, 2.45) is 0 Å². The van der Waals surface area contributed by atoms with E-state index in [0.29, 0.717) is 23.5 Å². The van der Waals surface area contributed by atoms with Crippen molar-refractivity contribution in [1.82, 2.24) is 24.9 Å². The third-order valence-electron chi connectivity index (χ3n) is 6.20. The van der Waals surface area contributed by atoms with Gasteiger partial charge in [-0.05, 0) is 60.5 Å². The molecule has 0 aliphatic heterocycles. The Morgan fingerprint density at radius 3 is 2.77 bits per heavy atom. The SMILES string of the molecule is COc1ccccc1C(=O)N(Cc1cc2cc(C)ccc2n2nnnc12)C1CCCC1. The number of aryl methyl sites for hydroxylation is 1. The van der Waals surface area contributed by atoms with Crippen LogP contribution in [0.1, 0.15) is 47.2 Å². The van der Waals surface area contributed by atoms with Gasteiger partial charge in [-0.3, -0.25) is 4.79 Å². The molecular formula is C24H25N5O2. The van der Waals surface area contributed by atoms with Crippen LogP contribution >= 0.6 is 0 Å². The molecule has 7 nitrogen and oxygen atoms in total. The van der Waals surface area contributed by atoms with Gasteiger partial charge in [-0.1, -0.05) is 36.6 Å². The summed E-state index contributed by atoms with van der Waals surface area (Å²) in [5.41, 5.74) is 4.34. The lowest BCUT2D eigenvalue weighted by Crippen LogP contribution is -2.38. The second-order valence-electron chi connectivity index (χ2n) is 8.22. The predicted octanol–water partition coefficient (Wildman–Crippen LogP) is 4.18. The summed E-state index contributed by atoms with van der Waals surface area (Å²) in [4.78, 5) is 15.7. The molecule has 0 N–H and O–H groups in total. The minimum Gasteiger partial charge on any atom is -0.496 e. The van der Waals surface area contributed by atoms with Gasteiger partial charge in [0.1, 0.15) is 5.75 Å². The molecule has 0 bridgehead atoms. The number of pyridine rings is 1. The van der Waals surface area contributed by atoms with Gasteiger partial charge in [0.05, 0.1) is 24.7 Å². The first-order valence-corrected chi connectivity index (χ1v) is 10.7. The zero-order valence-corrected chi connectivity index (χ0v) is 17.8. The fourth-order valence-electron chi connectivity index (χ4n) is 4.64. The topological polar surface area (TPSA) is 72.6 Å². The zero-order valence-electron chi connectivity index (χ0n) is 17.8. The summed E-state index contributed by atoms with van der Waals surface area (Å²) in [5, 5.41) is 13.5. The van der Waals surface area contributed by atoms with Crippen LogP contribution in [0.3, 0.4) is 0 Å². The van der Waals surface area contributed by atoms with Crippen LogP contribution in [-0.4, -0.2) is 44.0 Å². The van der Waals surface area contributed by atoms with E-state index in [1.54, 1.807) is 11.6 Å². The summed E-state index contributed by atoms with van der Waals surface area (Å²) in [5.74, 6) is 0.582. The van der Waals surface area contributed by atoms with Crippen LogP contribution in [0.25, 0.3) is 16.6 Å². The molecule has 4 aromatic rings. The van der Waals surface area contributed by atoms with E-state index < -0.39 is 0 Å². The van der Waals surface area contributed by atoms with Crippen molar-refractivity contribution in [2.75, 3.05) is 7.11 Å². The van der Waals surface area contributed by atoms with Gasteiger partial charge in [0.2, 0.25) is 0 Å². The predicted molar refractivity (Wildman–Crippen MR) is 118 cm³/mol. The van der Waals surface area contributed by atoms with Crippen molar-refractivity contribution in [3.8, 4) is 5.75 Å². The first-order valence-electron chi connectivity index (χ1n) is 10.7. The Hall–Kier alpha value is -3.48. The van der Waals surface area contributed by atoms with Crippen LogP contribution in [0, 0.1) is 6.92 Å². The van der Waals surface area contributed by atoms with Crippen molar-refractivity contribution in [2.45, 2.75) is 45.2 Å². The lowest BCUT2D eigenvalue weighted by molar-refractivity contribution is 0.0662. The number of hydrogen-bond acceptors (Lipinski definition) is 5. The molecule has 0 spiro atoms. The number of rotatable bonds is 5. The van der Waals surface area contributed by atoms with E-state index in [2.05, 4.69) is 40.6 Å². The van der Waals surface area contributed by atoms with Crippen molar-refractivity contribution >= 4 is 22.5 Å². The van der Waals surface area contributed by atoms with E-state index in [9.17, 15) is 4.79 Å². The monoisotopic (exact) mass is 415 g/mol. The van der Waals surface area contributed by atoms with Gasteiger partial charge in [-0.15, -0.1) is 5.10 Å². The Morgan fingerprint density at radius 2 is 1.97 bits per heavy atom. The number of methoxy groups -OCH3 is 1. The number of aromatic nitrogens is 4. The summed E-state index contributed by atoms with van der Waals surface area (Å²) < 4.78 is 7.24. The molecule has 0 radical (unpaired) electrons. The summed E-state index contributed by atoms with van der Waals surface area (Å²) in [6.45, 7) is 2.52. The average Bonchev–Trinajstić information content (AvgIpc) is 3.49. The highest BCUT2D eigenvalue weighted by atomic mass is 16.5. The Bertz CT molecular complexity index is 1260. The van der Waals surface area contributed by atoms with Crippen molar-refractivity contribution in [1.29, 1.82) is 0 Å². The molecule has 2 heterocycles. The smallest absolute Gasteiger partial charge is 0.258 e. The van der Waals surface area contributed by atoms with Crippen LogP contribution in [0.4, 0.5) is 0 Å². The molecule has 2 aromatic heterocycles. The second-order valence-corrected chi connectivity index (χ2v) is 8.22. The van der Waals surface area contributed by atoms with E-state index in [0.717, 1.165) is 42.1 Å². The zero-order chi connectivity index (χ0) is 21.4. The van der Waals surface area contributed by atoms with E-state index in [4.69, 9.17) is 4.74 Å². The van der Waals surface area contributed by atoms with Gasteiger partial charge in [0.25, 0.3) is 5.91 Å². The second kappa shape index (κ2) is 7.98. The molecule has 0 unspecified atom stereocenters. The van der Waals surface area contributed by atoms with Crippen LogP contribution in [0.5, 0.6) is 5.75 Å². The Kier molecular flexibility index (Phi) is 5.02. The van der Waals surface area contributed by atoms with Gasteiger partial charge in [0, 0.05) is 17.0 Å². The molecule has 1 aliphatic rings. The maximum atomic E-state index is 13.7. The quantitative estimate of drug-likeness (QED) is 0.489. The van der Waals surface area contributed by atoms with Gasteiger partial charge in [-0.2, -0.15) is 4.52 Å². The normalized spacial score (nSPS) is 14.4. The van der Waals surface area contributed by atoms with Crippen molar-refractivity contribution < 1.29 is 9.53 Å². The number of carbonyl (C=O) groups excluding carboxylic acids is 1. The molecule has 5 rings (SSSR count). The fourth-order valence-corrected chi connectivity index (χ4v) is 4.64. The number of tetrazole rings is 1. The number of benzene rings is 2. The maximum Gasteiger partial charge on any atom is 0.258 e. The fraction of sp³-hybridized carbons (Fsp3) is 0.333. The highest BCUT2D eigenvalue weighted by Crippen LogP contribution is 2.30. The van der Waals surface area contributed by atoms with Gasteiger partial charge < -0.3 is 9.64 Å². The van der Waals surface area contributed by atoms with Gasteiger partial charge >= 0.3 is 0 Å². The number of amides is 1. The van der Waals surface area contributed by atoms with Crippen molar-refractivity contribution in [3.05, 3.63) is 65.2 Å². The first-order chi connectivity index (χ1) is 15.2. The van der Waals surface area contributed by atoms with Crippen molar-refractivity contribution in [3.63, 3.8) is 0 Å². The molecule has 1 fully saturated rings. The minimum absolute atomic E-state index is 0.0145. The number of ether oxygens (including phenoxy) is 1. The van der Waals surface area contributed by atoms with Crippen LogP contribution in [0.15, 0.2) is 48.5 Å². The summed E-state index contributed by atoms with van der Waals surface area (Å²) >= 11 is 0. The van der Waals surface area contributed by atoms with Crippen LogP contribution < -0.4 is 4.74 Å². The molecule has 2 aromatic carbocycles. The summed E-state index contributed by atoms with van der Waals surface area (Å²) in [7, 11) is 1.60. The highest BCUT2D eigenvalue weighted by molar-refractivity contribution is 5.97. The molecule has 7 heteroatoms. The maximum absolute atomic E-state index is 13.7. The third kappa shape index (κ3) is 3.50. The number of nitrogens with zero attached hydrogens (tertiary/aromatic N) is 5. The van der Waals surface area contributed by atoms with E-state index in [-0.39, 0.29) is 11.9 Å². The van der Waals surface area contributed by atoms with E-state index in [1.807, 2.05) is 35.2 Å². The third-order valence-corrected chi connectivity index (χ3v) is 6.20. The highest BCUT2D eigenvalue weighted by Gasteiger charge is 2.30. The summed E-state index contributed by atoms with van der Waals surface area (Å²) in [6.07, 6.45) is 4.29. The lowest BCUT2D eigenvalue weighted by Gasteiger charge is -2.30. The van der Waals surface area contributed by atoms with E-state index >= 15 is 0 Å². The number of hydrogen-bond donors (Lipinski definition) is 0. The molecule has 0 atom stereocenters. The van der Waals surface area contributed by atoms with Gasteiger partial charge in [-0.25, -0.2) is 0 Å². The lowest BCUT2D eigenvalue weighted by atomic mass is 10.1. The Balaban J connectivity index is 1.60. The molecule has 1 amide bonds. The number of fused-ring (bicyclic) bond motifs is 3. The standard InChI is InChI=1S/C24H25N5O2/c1-16-11-12-21-17(13-16)14-18(23-25-26-27-29(21)23)15-28(19-7-3-4-8-19)24(30)20-9-5-6-10-22(20)31-2/h5-6,9-14,19H,3-4,7-8,15H2,1-2H3. The summed E-state index contributed by atoms with van der Waals surface area (Å²) in [6, 6.07) is 16.0.